The Morgan fingerprint density at radius 3 is 1.97 bits per heavy atom. The van der Waals surface area contributed by atoms with Gasteiger partial charge in [-0.25, -0.2) is 4.79 Å². The Labute approximate surface area is 185 Å². The predicted molar refractivity (Wildman–Crippen MR) is 122 cm³/mol. The summed E-state index contributed by atoms with van der Waals surface area (Å²) in [5.74, 6) is 3.28. The van der Waals surface area contributed by atoms with Crippen LogP contribution in [0.25, 0.3) is 0 Å². The molecular formula is C26H48O4. The van der Waals surface area contributed by atoms with Crippen LogP contribution < -0.4 is 0 Å². The van der Waals surface area contributed by atoms with Crippen molar-refractivity contribution in [3.63, 3.8) is 0 Å². The molecule has 1 atom stereocenters. The number of carbonyl (C=O) groups excluding carboxylic acids is 1. The first kappa shape index (κ1) is 25.5. The molecule has 2 saturated carbocycles. The third-order valence-corrected chi connectivity index (χ3v) is 8.25. The van der Waals surface area contributed by atoms with Gasteiger partial charge < -0.3 is 14.6 Å². The van der Waals surface area contributed by atoms with Crippen LogP contribution in [0.5, 0.6) is 0 Å². The second kappa shape index (κ2) is 12.9. The fraction of sp³-hybridized carbons (Fsp3) is 0.962. The van der Waals surface area contributed by atoms with Gasteiger partial charge in [-0.15, -0.1) is 0 Å². The number of rotatable bonds is 11. The molecular weight excluding hydrogens is 376 g/mol. The summed E-state index contributed by atoms with van der Waals surface area (Å²) in [5.41, 5.74) is -0.444. The molecule has 176 valence electrons. The van der Waals surface area contributed by atoms with Crippen molar-refractivity contribution in [1.29, 1.82) is 0 Å². The third-order valence-electron chi connectivity index (χ3n) is 8.25. The van der Waals surface area contributed by atoms with Crippen LogP contribution in [0.4, 0.5) is 4.79 Å². The number of carbonyl (C=O) groups is 1. The Morgan fingerprint density at radius 1 is 0.900 bits per heavy atom. The SMILES string of the molecule is CCC(CC)CC1CCC(COC(=O)OC(C)(CC)CC2CCC(CO)CC2)CC1. The van der Waals surface area contributed by atoms with E-state index in [0.29, 0.717) is 31.0 Å². The maximum absolute atomic E-state index is 12.4. The van der Waals surface area contributed by atoms with Crippen molar-refractivity contribution in [2.75, 3.05) is 13.2 Å². The molecule has 1 unspecified atom stereocenters. The van der Waals surface area contributed by atoms with E-state index in [0.717, 1.165) is 50.4 Å². The average Bonchev–Trinajstić information content (AvgIpc) is 2.77. The predicted octanol–water partition coefficient (Wildman–Crippen LogP) is 7.13. The first-order valence-corrected chi connectivity index (χ1v) is 12.9. The van der Waals surface area contributed by atoms with Crippen LogP contribution >= 0.6 is 0 Å². The Bertz CT molecular complexity index is 473. The highest BCUT2D eigenvalue weighted by Crippen LogP contribution is 2.37. The number of hydrogen-bond acceptors (Lipinski definition) is 4. The van der Waals surface area contributed by atoms with Crippen molar-refractivity contribution < 1.29 is 19.4 Å². The van der Waals surface area contributed by atoms with Crippen molar-refractivity contribution in [3.05, 3.63) is 0 Å². The van der Waals surface area contributed by atoms with Crippen LogP contribution in [-0.4, -0.2) is 30.1 Å². The zero-order valence-corrected chi connectivity index (χ0v) is 20.2. The van der Waals surface area contributed by atoms with E-state index in [1.807, 2.05) is 0 Å². The lowest BCUT2D eigenvalue weighted by molar-refractivity contribution is -0.0491. The Hall–Kier alpha value is -0.770. The van der Waals surface area contributed by atoms with E-state index >= 15 is 0 Å². The highest BCUT2D eigenvalue weighted by Gasteiger charge is 2.33. The van der Waals surface area contributed by atoms with Crippen molar-refractivity contribution in [3.8, 4) is 0 Å². The van der Waals surface area contributed by atoms with Gasteiger partial charge in [-0.05, 0) is 94.3 Å². The molecule has 2 aliphatic carbocycles. The smallest absolute Gasteiger partial charge is 0.434 e. The van der Waals surface area contributed by atoms with Crippen LogP contribution in [0.1, 0.15) is 111 Å². The first-order chi connectivity index (χ1) is 14.4. The zero-order valence-electron chi connectivity index (χ0n) is 20.2. The molecule has 1 N–H and O–H groups in total. The standard InChI is InChI=1S/C26H48O4/c1-5-20(6-2)16-21-8-14-24(15-9-21)19-29-25(28)30-26(4,7-3)17-22-10-12-23(18-27)13-11-22/h20-24,27H,5-19H2,1-4H3. The molecule has 0 heterocycles. The van der Waals surface area contributed by atoms with E-state index in [2.05, 4.69) is 27.7 Å². The van der Waals surface area contributed by atoms with E-state index in [9.17, 15) is 9.90 Å². The Balaban J connectivity index is 1.68. The minimum absolute atomic E-state index is 0.306. The van der Waals surface area contributed by atoms with Gasteiger partial charge in [0.25, 0.3) is 0 Å². The first-order valence-electron chi connectivity index (χ1n) is 12.9. The second-order valence-corrected chi connectivity index (χ2v) is 10.5. The molecule has 0 saturated heterocycles. The van der Waals surface area contributed by atoms with Gasteiger partial charge in [-0.3, -0.25) is 0 Å². The highest BCUT2D eigenvalue weighted by molar-refractivity contribution is 5.60. The molecule has 4 heteroatoms. The van der Waals surface area contributed by atoms with Gasteiger partial charge in [0.2, 0.25) is 0 Å². The number of aliphatic hydroxyl groups excluding tert-OH is 1. The Kier molecular flexibility index (Phi) is 11.0. The van der Waals surface area contributed by atoms with E-state index in [1.54, 1.807) is 0 Å². The molecule has 0 radical (unpaired) electrons. The van der Waals surface area contributed by atoms with Crippen LogP contribution in [0.3, 0.4) is 0 Å². The summed E-state index contributed by atoms with van der Waals surface area (Å²) in [6.07, 6.45) is 14.5. The summed E-state index contributed by atoms with van der Waals surface area (Å²) in [4.78, 5) is 12.4. The maximum atomic E-state index is 12.4. The van der Waals surface area contributed by atoms with E-state index in [1.165, 1.54) is 44.9 Å². The van der Waals surface area contributed by atoms with Crippen LogP contribution in [0.2, 0.25) is 0 Å². The van der Waals surface area contributed by atoms with Crippen molar-refractivity contribution in [2.45, 2.75) is 117 Å². The fourth-order valence-electron chi connectivity index (χ4n) is 5.63. The van der Waals surface area contributed by atoms with Gasteiger partial charge in [0, 0.05) is 6.61 Å². The van der Waals surface area contributed by atoms with Crippen LogP contribution in [-0.2, 0) is 9.47 Å². The summed E-state index contributed by atoms with van der Waals surface area (Å²) in [5, 5.41) is 9.33. The highest BCUT2D eigenvalue weighted by atomic mass is 16.7. The normalized spacial score (nSPS) is 29.4. The molecule has 0 amide bonds. The molecule has 0 aromatic carbocycles. The quantitative estimate of drug-likeness (QED) is 0.358. The molecule has 4 nitrogen and oxygen atoms in total. The average molecular weight is 425 g/mol. The number of aliphatic hydroxyl groups is 1. The second-order valence-electron chi connectivity index (χ2n) is 10.5. The fourth-order valence-corrected chi connectivity index (χ4v) is 5.63. The molecule has 30 heavy (non-hydrogen) atoms. The summed E-state index contributed by atoms with van der Waals surface area (Å²) >= 11 is 0. The van der Waals surface area contributed by atoms with Crippen molar-refractivity contribution in [1.82, 2.24) is 0 Å². The molecule has 2 aliphatic rings. The zero-order chi connectivity index (χ0) is 22.0. The topological polar surface area (TPSA) is 55.8 Å². The molecule has 0 aromatic rings. The molecule has 0 spiro atoms. The van der Waals surface area contributed by atoms with Gasteiger partial charge in [-0.2, -0.15) is 0 Å². The van der Waals surface area contributed by atoms with Gasteiger partial charge in [0.15, 0.2) is 0 Å². The summed E-state index contributed by atoms with van der Waals surface area (Å²) in [6, 6.07) is 0. The third kappa shape index (κ3) is 8.40. The molecule has 0 aromatic heterocycles. The largest absolute Gasteiger partial charge is 0.508 e. The van der Waals surface area contributed by atoms with Crippen LogP contribution in [0.15, 0.2) is 0 Å². The number of ether oxygens (including phenoxy) is 2. The summed E-state index contributed by atoms with van der Waals surface area (Å²) in [6.45, 7) is 9.58. The van der Waals surface area contributed by atoms with Gasteiger partial charge in [0.1, 0.15) is 5.60 Å². The van der Waals surface area contributed by atoms with E-state index in [-0.39, 0.29) is 0 Å². The van der Waals surface area contributed by atoms with Gasteiger partial charge in [0.05, 0.1) is 6.61 Å². The lowest BCUT2D eigenvalue weighted by Gasteiger charge is -2.35. The van der Waals surface area contributed by atoms with Gasteiger partial charge >= 0.3 is 6.16 Å². The van der Waals surface area contributed by atoms with E-state index < -0.39 is 11.8 Å². The van der Waals surface area contributed by atoms with Crippen LogP contribution in [0, 0.1) is 29.6 Å². The minimum atomic E-state index is -0.484. The van der Waals surface area contributed by atoms with Gasteiger partial charge in [-0.1, -0.05) is 46.5 Å². The van der Waals surface area contributed by atoms with E-state index in [4.69, 9.17) is 9.47 Å². The maximum Gasteiger partial charge on any atom is 0.508 e. The monoisotopic (exact) mass is 424 g/mol. The molecule has 0 aliphatic heterocycles. The molecule has 2 fully saturated rings. The lowest BCUT2D eigenvalue weighted by atomic mass is 9.77. The van der Waals surface area contributed by atoms with Crippen molar-refractivity contribution in [2.24, 2.45) is 29.6 Å². The Morgan fingerprint density at radius 2 is 1.43 bits per heavy atom. The van der Waals surface area contributed by atoms with Crippen molar-refractivity contribution >= 4 is 6.16 Å². The lowest BCUT2D eigenvalue weighted by Crippen LogP contribution is -2.35. The molecule has 0 bridgehead atoms. The summed E-state index contributed by atoms with van der Waals surface area (Å²) < 4.78 is 11.4. The number of hydrogen-bond donors (Lipinski definition) is 1. The summed E-state index contributed by atoms with van der Waals surface area (Å²) in [7, 11) is 0. The minimum Gasteiger partial charge on any atom is -0.434 e. The molecule has 2 rings (SSSR count).